The first kappa shape index (κ1) is 12.0. The molecule has 1 nitrogen and oxygen atoms in total. The van der Waals surface area contributed by atoms with Gasteiger partial charge >= 0.3 is 0 Å². The average Bonchev–Trinajstić information content (AvgIpc) is 2.56. The van der Waals surface area contributed by atoms with Crippen molar-refractivity contribution in [2.75, 3.05) is 0 Å². The van der Waals surface area contributed by atoms with Crippen LogP contribution < -0.4 is 0 Å². The minimum Gasteiger partial charge on any atom is -0.507 e. The monoisotopic (exact) mass is 270 g/mol. The first-order chi connectivity index (χ1) is 10.4. The van der Waals surface area contributed by atoms with Gasteiger partial charge in [0.2, 0.25) is 0 Å². The zero-order chi connectivity index (χ0) is 14.2. The van der Waals surface area contributed by atoms with E-state index in [-0.39, 0.29) is 0 Å². The van der Waals surface area contributed by atoms with Crippen molar-refractivity contribution in [2.45, 2.75) is 0 Å². The molecule has 0 aliphatic heterocycles. The molecule has 0 amide bonds. The van der Waals surface area contributed by atoms with E-state index in [0.29, 0.717) is 5.75 Å². The smallest absolute Gasteiger partial charge is 0.131 e. The average molecular weight is 270 g/mol. The molecule has 0 atom stereocenters. The van der Waals surface area contributed by atoms with Crippen LogP contribution in [-0.4, -0.2) is 5.11 Å². The number of hydrogen-bond donors (Lipinski definition) is 1. The van der Waals surface area contributed by atoms with Crippen LogP contribution >= 0.6 is 0 Å². The van der Waals surface area contributed by atoms with Crippen LogP contribution in [0.1, 0.15) is 0 Å². The summed E-state index contributed by atoms with van der Waals surface area (Å²) in [5.74, 6) is 0.362. The molecule has 1 N–H and O–H groups in total. The van der Waals surface area contributed by atoms with E-state index in [9.17, 15) is 5.11 Å². The fourth-order valence-electron chi connectivity index (χ4n) is 3.02. The molecule has 0 unspecified atom stereocenters. The molecule has 0 spiro atoms. The van der Waals surface area contributed by atoms with Crippen LogP contribution in [0.2, 0.25) is 0 Å². The van der Waals surface area contributed by atoms with Gasteiger partial charge in [-0.1, -0.05) is 78.9 Å². The van der Waals surface area contributed by atoms with Crippen molar-refractivity contribution in [3.63, 3.8) is 0 Å². The second-order valence-corrected chi connectivity index (χ2v) is 5.18. The first-order valence-electron chi connectivity index (χ1n) is 7.04. The van der Waals surface area contributed by atoms with Crippen molar-refractivity contribution in [1.82, 2.24) is 0 Å². The molecule has 100 valence electrons. The second-order valence-electron chi connectivity index (χ2n) is 5.18. The summed E-state index contributed by atoms with van der Waals surface area (Å²) in [6.45, 7) is 0. The molecule has 0 bridgehead atoms. The highest BCUT2D eigenvalue weighted by atomic mass is 16.3. The summed E-state index contributed by atoms with van der Waals surface area (Å²) in [7, 11) is 0. The summed E-state index contributed by atoms with van der Waals surface area (Å²) in [6.07, 6.45) is 0. The largest absolute Gasteiger partial charge is 0.507 e. The lowest BCUT2D eigenvalue weighted by Crippen LogP contribution is -1.86. The summed E-state index contributed by atoms with van der Waals surface area (Å²) in [5.41, 5.74) is 2.35. The van der Waals surface area contributed by atoms with Gasteiger partial charge in [0.1, 0.15) is 5.75 Å². The van der Waals surface area contributed by atoms with Crippen LogP contribution in [-0.2, 0) is 0 Å². The van der Waals surface area contributed by atoms with Gasteiger partial charge in [0, 0.05) is 10.8 Å². The van der Waals surface area contributed by atoms with Gasteiger partial charge < -0.3 is 5.11 Å². The fraction of sp³-hybridized carbons (Fsp3) is 0. The van der Waals surface area contributed by atoms with Gasteiger partial charge in [-0.3, -0.25) is 0 Å². The highest BCUT2D eigenvalue weighted by Crippen LogP contribution is 2.42. The number of phenols is 1. The molecular weight excluding hydrogens is 256 g/mol. The Morgan fingerprint density at radius 1 is 0.476 bits per heavy atom. The number of fused-ring (bicyclic) bond motifs is 2. The van der Waals surface area contributed by atoms with Crippen molar-refractivity contribution in [3.8, 4) is 16.9 Å². The molecule has 0 heterocycles. The topological polar surface area (TPSA) is 20.2 Å². The molecule has 4 aromatic rings. The second kappa shape index (κ2) is 4.64. The standard InChI is InChI=1S/C20H14O/c21-20-17-12-6-4-10-15(17)19(14-8-2-1-3-9-14)16-11-5-7-13-18(16)20/h1-13,21H. The van der Waals surface area contributed by atoms with Gasteiger partial charge in [-0.2, -0.15) is 0 Å². The number of hydrogen-bond acceptors (Lipinski definition) is 1. The predicted molar refractivity (Wildman–Crippen MR) is 88.6 cm³/mol. The molecule has 21 heavy (non-hydrogen) atoms. The van der Waals surface area contributed by atoms with E-state index in [1.54, 1.807) is 0 Å². The molecule has 0 aliphatic carbocycles. The van der Waals surface area contributed by atoms with Gasteiger partial charge in [-0.25, -0.2) is 0 Å². The normalized spacial score (nSPS) is 11.0. The van der Waals surface area contributed by atoms with Crippen molar-refractivity contribution >= 4 is 21.5 Å². The number of benzene rings is 4. The number of phenolic OH excluding ortho intramolecular Hbond substituents is 1. The summed E-state index contributed by atoms with van der Waals surface area (Å²) in [6, 6.07) is 26.4. The molecular formula is C20H14O. The Morgan fingerprint density at radius 3 is 1.43 bits per heavy atom. The van der Waals surface area contributed by atoms with E-state index in [4.69, 9.17) is 0 Å². The Balaban J connectivity index is 2.28. The first-order valence-corrected chi connectivity index (χ1v) is 7.04. The SMILES string of the molecule is Oc1c2ccccc2c(-c2ccccc2)c2ccccc12. The van der Waals surface area contributed by atoms with Gasteiger partial charge in [0.15, 0.2) is 0 Å². The molecule has 0 aromatic heterocycles. The third kappa shape index (κ3) is 1.78. The number of aromatic hydroxyl groups is 1. The van der Waals surface area contributed by atoms with E-state index in [1.165, 1.54) is 11.1 Å². The van der Waals surface area contributed by atoms with E-state index in [1.807, 2.05) is 54.6 Å². The Bertz CT molecular complexity index is 883. The fourth-order valence-corrected chi connectivity index (χ4v) is 3.02. The summed E-state index contributed by atoms with van der Waals surface area (Å²) in [5, 5.41) is 14.5. The van der Waals surface area contributed by atoms with E-state index < -0.39 is 0 Å². The van der Waals surface area contributed by atoms with Gasteiger partial charge in [0.05, 0.1) is 0 Å². The Kier molecular flexibility index (Phi) is 2.65. The third-order valence-electron chi connectivity index (χ3n) is 3.97. The predicted octanol–water partition coefficient (Wildman–Crippen LogP) is 5.37. The molecule has 0 saturated carbocycles. The van der Waals surface area contributed by atoms with Crippen LogP contribution in [0.5, 0.6) is 5.75 Å². The van der Waals surface area contributed by atoms with Crippen LogP contribution in [0.3, 0.4) is 0 Å². The van der Waals surface area contributed by atoms with Crippen molar-refractivity contribution in [2.24, 2.45) is 0 Å². The van der Waals surface area contributed by atoms with E-state index >= 15 is 0 Å². The lowest BCUT2D eigenvalue weighted by atomic mass is 9.91. The maximum atomic E-state index is 10.6. The van der Waals surface area contributed by atoms with E-state index in [2.05, 4.69) is 24.3 Å². The summed E-state index contributed by atoms with van der Waals surface area (Å²) in [4.78, 5) is 0. The lowest BCUT2D eigenvalue weighted by molar-refractivity contribution is 0.488. The zero-order valence-electron chi connectivity index (χ0n) is 11.5. The maximum Gasteiger partial charge on any atom is 0.131 e. The van der Waals surface area contributed by atoms with Crippen molar-refractivity contribution in [1.29, 1.82) is 0 Å². The molecule has 0 saturated heterocycles. The van der Waals surface area contributed by atoms with Crippen molar-refractivity contribution < 1.29 is 5.11 Å². The van der Waals surface area contributed by atoms with Crippen LogP contribution in [0.15, 0.2) is 78.9 Å². The Hall–Kier alpha value is -2.80. The lowest BCUT2D eigenvalue weighted by Gasteiger charge is -2.13. The zero-order valence-corrected chi connectivity index (χ0v) is 11.5. The molecule has 0 aliphatic rings. The Morgan fingerprint density at radius 2 is 0.905 bits per heavy atom. The highest BCUT2D eigenvalue weighted by Gasteiger charge is 2.13. The highest BCUT2D eigenvalue weighted by molar-refractivity contribution is 6.16. The minimum atomic E-state index is 0.362. The third-order valence-corrected chi connectivity index (χ3v) is 3.97. The van der Waals surface area contributed by atoms with Gasteiger partial charge in [-0.15, -0.1) is 0 Å². The summed E-state index contributed by atoms with van der Waals surface area (Å²) >= 11 is 0. The van der Waals surface area contributed by atoms with Crippen LogP contribution in [0.25, 0.3) is 32.7 Å². The van der Waals surface area contributed by atoms with Crippen LogP contribution in [0, 0.1) is 0 Å². The molecule has 0 radical (unpaired) electrons. The van der Waals surface area contributed by atoms with Crippen molar-refractivity contribution in [3.05, 3.63) is 78.9 Å². The number of rotatable bonds is 1. The molecule has 4 aromatic carbocycles. The quantitative estimate of drug-likeness (QED) is 0.461. The Labute approximate surface area is 123 Å². The molecule has 0 fully saturated rings. The molecule has 4 rings (SSSR count). The van der Waals surface area contributed by atoms with Gasteiger partial charge in [0.25, 0.3) is 0 Å². The van der Waals surface area contributed by atoms with Gasteiger partial charge in [-0.05, 0) is 21.9 Å². The van der Waals surface area contributed by atoms with E-state index in [0.717, 1.165) is 21.5 Å². The maximum absolute atomic E-state index is 10.6. The minimum absolute atomic E-state index is 0.362. The molecule has 1 heteroatoms. The summed E-state index contributed by atoms with van der Waals surface area (Å²) < 4.78 is 0. The van der Waals surface area contributed by atoms with Crippen LogP contribution in [0.4, 0.5) is 0 Å².